The predicted octanol–water partition coefficient (Wildman–Crippen LogP) is 3.28. The van der Waals surface area contributed by atoms with Crippen LogP contribution in [-0.4, -0.2) is 37.1 Å². The zero-order valence-corrected chi connectivity index (χ0v) is 15.2. The molecule has 0 aliphatic rings. The maximum absolute atomic E-state index is 14.2. The van der Waals surface area contributed by atoms with Crippen LogP contribution in [0.15, 0.2) is 28.6 Å². The SMILES string of the molecule is CC(C)(C)OC(=O)NCCC(F)S(=O)(=O)c1nc2ccccc2s1. The van der Waals surface area contributed by atoms with Gasteiger partial charge < -0.3 is 10.1 Å². The molecule has 0 saturated carbocycles. The van der Waals surface area contributed by atoms with Crippen molar-refractivity contribution in [1.29, 1.82) is 0 Å². The number of nitrogens with one attached hydrogen (secondary N) is 1. The number of nitrogens with zero attached hydrogens (tertiary/aromatic N) is 1. The van der Waals surface area contributed by atoms with Gasteiger partial charge in [0.15, 0.2) is 0 Å². The molecule has 6 nitrogen and oxygen atoms in total. The summed E-state index contributed by atoms with van der Waals surface area (Å²) < 4.78 is 44.1. The molecule has 132 valence electrons. The fourth-order valence-corrected chi connectivity index (χ4v) is 4.46. The van der Waals surface area contributed by atoms with Crippen LogP contribution in [0.1, 0.15) is 27.2 Å². The number of sulfone groups is 1. The number of thiazole rings is 1. The Hall–Kier alpha value is -1.74. The molecule has 0 aliphatic heterocycles. The van der Waals surface area contributed by atoms with Crippen LogP contribution in [0.2, 0.25) is 0 Å². The molecule has 1 heterocycles. The zero-order chi connectivity index (χ0) is 18.0. The summed E-state index contributed by atoms with van der Waals surface area (Å²) in [6, 6.07) is 6.89. The summed E-state index contributed by atoms with van der Waals surface area (Å²) in [5.74, 6) is 0. The Morgan fingerprint density at radius 2 is 2.04 bits per heavy atom. The highest BCUT2D eigenvalue weighted by Gasteiger charge is 2.30. The van der Waals surface area contributed by atoms with Gasteiger partial charge in [-0.05, 0) is 32.9 Å². The zero-order valence-electron chi connectivity index (χ0n) is 13.6. The highest BCUT2D eigenvalue weighted by atomic mass is 32.2. The van der Waals surface area contributed by atoms with Crippen molar-refractivity contribution >= 4 is 37.5 Å². The summed E-state index contributed by atoms with van der Waals surface area (Å²) in [5.41, 5.74) is -2.31. The van der Waals surface area contributed by atoms with E-state index in [0.717, 1.165) is 11.3 Å². The van der Waals surface area contributed by atoms with Crippen LogP contribution in [-0.2, 0) is 14.6 Å². The van der Waals surface area contributed by atoms with E-state index in [-0.39, 0.29) is 17.3 Å². The summed E-state index contributed by atoms with van der Waals surface area (Å²) >= 11 is 0.929. The Bertz CT molecular complexity index is 794. The number of carbonyl (C=O) groups excluding carboxylic acids is 1. The Balaban J connectivity index is 1.98. The third kappa shape index (κ3) is 4.64. The largest absolute Gasteiger partial charge is 0.444 e. The second-order valence-electron chi connectivity index (χ2n) is 6.12. The van der Waals surface area contributed by atoms with E-state index in [1.807, 2.05) is 0 Å². The van der Waals surface area contributed by atoms with Gasteiger partial charge in [-0.1, -0.05) is 12.1 Å². The number of rotatable bonds is 5. The van der Waals surface area contributed by atoms with E-state index in [1.165, 1.54) is 0 Å². The van der Waals surface area contributed by atoms with E-state index in [2.05, 4.69) is 10.3 Å². The lowest BCUT2D eigenvalue weighted by Gasteiger charge is -2.19. The number of benzene rings is 1. The number of alkyl carbamates (subject to hydrolysis) is 1. The first-order valence-corrected chi connectivity index (χ1v) is 9.66. The van der Waals surface area contributed by atoms with Crippen LogP contribution in [0.4, 0.5) is 9.18 Å². The van der Waals surface area contributed by atoms with Gasteiger partial charge in [-0.3, -0.25) is 0 Å². The molecule has 0 spiro atoms. The smallest absolute Gasteiger partial charge is 0.407 e. The monoisotopic (exact) mass is 374 g/mol. The number of alkyl halides is 1. The molecular weight excluding hydrogens is 355 g/mol. The molecule has 2 aromatic rings. The number of fused-ring (bicyclic) bond motifs is 1. The maximum atomic E-state index is 14.2. The highest BCUT2D eigenvalue weighted by Crippen LogP contribution is 2.28. The number of para-hydroxylation sites is 1. The van der Waals surface area contributed by atoms with E-state index in [4.69, 9.17) is 4.74 Å². The van der Waals surface area contributed by atoms with Crippen molar-refractivity contribution in [2.24, 2.45) is 0 Å². The lowest BCUT2D eigenvalue weighted by molar-refractivity contribution is 0.0525. The fraction of sp³-hybridized carbons (Fsp3) is 0.467. The van der Waals surface area contributed by atoms with Crippen molar-refractivity contribution in [3.8, 4) is 0 Å². The average molecular weight is 374 g/mol. The van der Waals surface area contributed by atoms with Crippen molar-refractivity contribution in [2.45, 2.75) is 42.6 Å². The fourth-order valence-electron chi connectivity index (χ4n) is 1.84. The van der Waals surface area contributed by atoms with E-state index < -0.39 is 27.0 Å². The number of hydrogen-bond donors (Lipinski definition) is 1. The van der Waals surface area contributed by atoms with Gasteiger partial charge >= 0.3 is 6.09 Å². The number of aromatic nitrogens is 1. The number of carbonyl (C=O) groups is 1. The molecule has 0 fully saturated rings. The second kappa shape index (κ2) is 7.02. The Morgan fingerprint density at radius 3 is 2.67 bits per heavy atom. The van der Waals surface area contributed by atoms with Crippen LogP contribution in [0, 0.1) is 0 Å². The van der Waals surface area contributed by atoms with Crippen molar-refractivity contribution in [2.75, 3.05) is 6.54 Å². The van der Waals surface area contributed by atoms with Gasteiger partial charge in [-0.25, -0.2) is 22.6 Å². The number of ether oxygens (including phenoxy) is 1. The number of amides is 1. The first-order chi connectivity index (χ1) is 11.1. The first kappa shape index (κ1) is 18.6. The third-order valence-electron chi connectivity index (χ3n) is 2.89. The number of halogens is 1. The van der Waals surface area contributed by atoms with E-state index in [0.29, 0.717) is 10.2 Å². The normalized spacial score (nSPS) is 13.7. The summed E-state index contributed by atoms with van der Waals surface area (Å²) in [4.78, 5) is 15.4. The topological polar surface area (TPSA) is 85.4 Å². The summed E-state index contributed by atoms with van der Waals surface area (Å²) in [6.45, 7) is 4.94. The molecule has 1 aromatic heterocycles. The molecule has 0 bridgehead atoms. The van der Waals surface area contributed by atoms with Gasteiger partial charge in [0.1, 0.15) is 5.60 Å². The van der Waals surface area contributed by atoms with Crippen molar-refractivity contribution in [3.63, 3.8) is 0 Å². The molecule has 0 saturated heterocycles. The Labute approximate surface area is 144 Å². The molecule has 9 heteroatoms. The molecule has 2 rings (SSSR count). The molecule has 24 heavy (non-hydrogen) atoms. The molecule has 0 aliphatic carbocycles. The lowest BCUT2D eigenvalue weighted by Crippen LogP contribution is -2.34. The standard InChI is InChI=1S/C15H19FN2O4S2/c1-15(2,3)22-13(19)17-9-8-12(16)24(20,21)14-18-10-6-4-5-7-11(10)23-14/h4-7,12H,8-9H2,1-3H3,(H,17,19). The quantitative estimate of drug-likeness (QED) is 0.868. The maximum Gasteiger partial charge on any atom is 0.407 e. The molecule has 1 unspecified atom stereocenters. The van der Waals surface area contributed by atoms with Crippen LogP contribution < -0.4 is 5.32 Å². The van der Waals surface area contributed by atoms with E-state index in [1.54, 1.807) is 45.0 Å². The minimum Gasteiger partial charge on any atom is -0.444 e. The molecule has 1 atom stereocenters. The third-order valence-corrected chi connectivity index (χ3v) is 6.16. The molecule has 1 amide bonds. The highest BCUT2D eigenvalue weighted by molar-refractivity contribution is 7.93. The van der Waals surface area contributed by atoms with Crippen LogP contribution in [0.3, 0.4) is 0 Å². The van der Waals surface area contributed by atoms with Gasteiger partial charge in [0.05, 0.1) is 10.2 Å². The molecule has 0 radical (unpaired) electrons. The van der Waals surface area contributed by atoms with Crippen LogP contribution >= 0.6 is 11.3 Å². The van der Waals surface area contributed by atoms with Gasteiger partial charge in [0.25, 0.3) is 0 Å². The van der Waals surface area contributed by atoms with Crippen LogP contribution in [0.25, 0.3) is 10.2 Å². The van der Waals surface area contributed by atoms with Crippen molar-refractivity contribution in [1.82, 2.24) is 10.3 Å². The first-order valence-electron chi connectivity index (χ1n) is 7.30. The molecular formula is C15H19FN2O4S2. The van der Waals surface area contributed by atoms with Gasteiger partial charge in [-0.2, -0.15) is 0 Å². The summed E-state index contributed by atoms with van der Waals surface area (Å²) in [7, 11) is -4.19. The van der Waals surface area contributed by atoms with Gasteiger partial charge in [-0.15, -0.1) is 11.3 Å². The summed E-state index contributed by atoms with van der Waals surface area (Å²) in [5, 5.41) is 2.34. The van der Waals surface area contributed by atoms with Crippen molar-refractivity contribution in [3.05, 3.63) is 24.3 Å². The lowest BCUT2D eigenvalue weighted by atomic mass is 10.2. The van der Waals surface area contributed by atoms with E-state index in [9.17, 15) is 17.6 Å². The van der Waals surface area contributed by atoms with Crippen molar-refractivity contribution < 1.29 is 22.3 Å². The Kier molecular flexibility index (Phi) is 5.44. The van der Waals surface area contributed by atoms with Gasteiger partial charge in [0.2, 0.25) is 19.7 Å². The van der Waals surface area contributed by atoms with Gasteiger partial charge in [0, 0.05) is 13.0 Å². The second-order valence-corrected chi connectivity index (χ2v) is 9.40. The predicted molar refractivity (Wildman–Crippen MR) is 90.6 cm³/mol. The van der Waals surface area contributed by atoms with Crippen LogP contribution in [0.5, 0.6) is 0 Å². The molecule has 1 aromatic carbocycles. The number of hydrogen-bond acceptors (Lipinski definition) is 6. The summed E-state index contributed by atoms with van der Waals surface area (Å²) in [6.07, 6.45) is -1.09. The minimum atomic E-state index is -4.19. The minimum absolute atomic E-state index is 0.153. The average Bonchev–Trinajstić information content (AvgIpc) is 2.89. The van der Waals surface area contributed by atoms with E-state index >= 15 is 0 Å². The Morgan fingerprint density at radius 1 is 1.38 bits per heavy atom. The molecule has 1 N–H and O–H groups in total.